The normalized spacial score (nSPS) is 12.2. The number of aromatic nitrogens is 4. The molecular weight excluding hydrogens is 213 g/mol. The molecule has 1 N–H and O–H groups in total. The first kappa shape index (κ1) is 9.69. The summed E-state index contributed by atoms with van der Waals surface area (Å²) in [6, 6.07) is 0. The van der Waals surface area contributed by atoms with E-state index in [2.05, 4.69) is 15.1 Å². The maximum atomic E-state index is 12.1. The first-order chi connectivity index (χ1) is 6.97. The Labute approximate surface area is 80.5 Å². The number of hydrogen-bond acceptors (Lipinski definition) is 3. The summed E-state index contributed by atoms with van der Waals surface area (Å²) in [5.74, 6) is 0. The zero-order chi connectivity index (χ0) is 11.1. The minimum absolute atomic E-state index is 0.0433. The number of alkyl halides is 3. The topological polar surface area (TPSA) is 63.6 Å². The molecule has 2 heterocycles. The molecule has 0 amide bonds. The highest BCUT2D eigenvalue weighted by molar-refractivity contribution is 5.72. The van der Waals surface area contributed by atoms with Gasteiger partial charge in [0.15, 0.2) is 5.65 Å². The lowest BCUT2D eigenvalue weighted by molar-refractivity contribution is -0.141. The van der Waals surface area contributed by atoms with Gasteiger partial charge in [0.1, 0.15) is 11.9 Å². The minimum atomic E-state index is -4.39. The van der Waals surface area contributed by atoms with E-state index in [0.717, 1.165) is 12.5 Å². The van der Waals surface area contributed by atoms with Gasteiger partial charge >= 0.3 is 6.18 Å². The van der Waals surface area contributed by atoms with Crippen LogP contribution in [0.1, 0.15) is 0 Å². The molecule has 0 bridgehead atoms. The number of hydrogen-bond donors (Lipinski definition) is 1. The Morgan fingerprint density at radius 3 is 2.87 bits per heavy atom. The van der Waals surface area contributed by atoms with Crippen molar-refractivity contribution >= 4 is 11.0 Å². The molecular formula is C7H5F3N4O. The van der Waals surface area contributed by atoms with Gasteiger partial charge in [-0.25, -0.2) is 9.67 Å². The summed E-state index contributed by atoms with van der Waals surface area (Å²) in [4.78, 5) is 17.0. The SMILES string of the molecule is O=c1[nH]cnc2c1cnn2CC(F)(F)F. The molecule has 2 rings (SSSR count). The van der Waals surface area contributed by atoms with Crippen LogP contribution in [0.5, 0.6) is 0 Å². The molecule has 0 saturated carbocycles. The Hall–Kier alpha value is -1.86. The van der Waals surface area contributed by atoms with E-state index in [-0.39, 0.29) is 11.0 Å². The van der Waals surface area contributed by atoms with Gasteiger partial charge in [-0.2, -0.15) is 18.3 Å². The summed E-state index contributed by atoms with van der Waals surface area (Å²) in [5, 5.41) is 3.50. The molecule has 5 nitrogen and oxygen atoms in total. The van der Waals surface area contributed by atoms with Crippen LogP contribution in [-0.4, -0.2) is 25.9 Å². The summed E-state index contributed by atoms with van der Waals surface area (Å²) < 4.78 is 36.9. The van der Waals surface area contributed by atoms with E-state index in [1.54, 1.807) is 0 Å². The van der Waals surface area contributed by atoms with E-state index in [1.807, 2.05) is 0 Å². The van der Waals surface area contributed by atoms with E-state index in [4.69, 9.17) is 0 Å². The van der Waals surface area contributed by atoms with Crippen LogP contribution < -0.4 is 5.56 Å². The molecule has 8 heteroatoms. The molecule has 0 radical (unpaired) electrons. The fraction of sp³-hybridized carbons (Fsp3) is 0.286. The summed E-state index contributed by atoms with van der Waals surface area (Å²) in [6.07, 6.45) is -2.28. The van der Waals surface area contributed by atoms with Crippen molar-refractivity contribution in [2.45, 2.75) is 12.7 Å². The number of rotatable bonds is 1. The van der Waals surface area contributed by atoms with Crippen molar-refractivity contribution in [3.8, 4) is 0 Å². The fourth-order valence-corrected chi connectivity index (χ4v) is 1.19. The number of nitrogens with one attached hydrogen (secondary N) is 1. The number of nitrogens with zero attached hydrogens (tertiary/aromatic N) is 3. The molecule has 0 saturated heterocycles. The Bertz CT molecular complexity index is 541. The first-order valence-corrected chi connectivity index (χ1v) is 3.93. The second-order valence-electron chi connectivity index (χ2n) is 2.89. The maximum Gasteiger partial charge on any atom is 0.408 e. The van der Waals surface area contributed by atoms with Crippen molar-refractivity contribution in [3.63, 3.8) is 0 Å². The van der Waals surface area contributed by atoms with Gasteiger partial charge in [0.05, 0.1) is 12.5 Å². The van der Waals surface area contributed by atoms with Crippen LogP contribution in [0.3, 0.4) is 0 Å². The fourth-order valence-electron chi connectivity index (χ4n) is 1.19. The van der Waals surface area contributed by atoms with Crippen LogP contribution in [0.25, 0.3) is 11.0 Å². The van der Waals surface area contributed by atoms with E-state index in [9.17, 15) is 18.0 Å². The second-order valence-corrected chi connectivity index (χ2v) is 2.89. The van der Waals surface area contributed by atoms with Gasteiger partial charge in [0.25, 0.3) is 5.56 Å². The summed E-state index contributed by atoms with van der Waals surface area (Å²) in [6.45, 7) is -1.26. The van der Waals surface area contributed by atoms with Crippen LogP contribution in [0, 0.1) is 0 Å². The van der Waals surface area contributed by atoms with Gasteiger partial charge in [-0.3, -0.25) is 4.79 Å². The maximum absolute atomic E-state index is 12.1. The van der Waals surface area contributed by atoms with Gasteiger partial charge in [0, 0.05) is 0 Å². The second kappa shape index (κ2) is 3.07. The zero-order valence-electron chi connectivity index (χ0n) is 7.25. The highest BCUT2D eigenvalue weighted by Gasteiger charge is 2.29. The van der Waals surface area contributed by atoms with Gasteiger partial charge in [-0.05, 0) is 0 Å². The number of fused-ring (bicyclic) bond motifs is 1. The zero-order valence-corrected chi connectivity index (χ0v) is 7.25. The third-order valence-corrected chi connectivity index (χ3v) is 1.77. The quantitative estimate of drug-likeness (QED) is 0.765. The van der Waals surface area contributed by atoms with Crippen molar-refractivity contribution in [1.82, 2.24) is 19.7 Å². The molecule has 2 aromatic rings. The average molecular weight is 218 g/mol. The first-order valence-electron chi connectivity index (χ1n) is 3.93. The lowest BCUT2D eigenvalue weighted by atomic mass is 10.4. The average Bonchev–Trinajstić information content (AvgIpc) is 2.48. The summed E-state index contributed by atoms with van der Waals surface area (Å²) in [5.41, 5.74) is -0.579. The molecule has 0 aliphatic rings. The van der Waals surface area contributed by atoms with Crippen molar-refractivity contribution in [3.05, 3.63) is 22.9 Å². The Morgan fingerprint density at radius 1 is 1.47 bits per heavy atom. The van der Waals surface area contributed by atoms with Crippen molar-refractivity contribution in [2.75, 3.05) is 0 Å². The van der Waals surface area contributed by atoms with Gasteiger partial charge < -0.3 is 4.98 Å². The molecule has 0 spiro atoms. The number of H-pyrrole nitrogens is 1. The Kier molecular flexibility index (Phi) is 1.98. The minimum Gasteiger partial charge on any atom is -0.312 e. The molecule has 0 atom stereocenters. The van der Waals surface area contributed by atoms with Crippen LogP contribution in [-0.2, 0) is 6.54 Å². The highest BCUT2D eigenvalue weighted by atomic mass is 19.4. The lowest BCUT2D eigenvalue weighted by Crippen LogP contribution is -2.19. The van der Waals surface area contributed by atoms with Gasteiger partial charge in [-0.15, -0.1) is 0 Å². The van der Waals surface area contributed by atoms with E-state index in [1.165, 1.54) is 0 Å². The van der Waals surface area contributed by atoms with Gasteiger partial charge in [-0.1, -0.05) is 0 Å². The highest BCUT2D eigenvalue weighted by Crippen LogP contribution is 2.18. The molecule has 15 heavy (non-hydrogen) atoms. The van der Waals surface area contributed by atoms with Crippen molar-refractivity contribution < 1.29 is 13.2 Å². The van der Waals surface area contributed by atoms with Crippen molar-refractivity contribution in [2.24, 2.45) is 0 Å². The summed E-state index contributed by atoms with van der Waals surface area (Å²) in [7, 11) is 0. The standard InChI is InChI=1S/C7H5F3N4O/c8-7(9,10)2-14-5-4(1-13-14)6(15)12-3-11-5/h1,3H,2H2,(H,11,12,15). The monoisotopic (exact) mass is 218 g/mol. The molecule has 0 aliphatic heterocycles. The smallest absolute Gasteiger partial charge is 0.312 e. The van der Waals surface area contributed by atoms with Crippen LogP contribution in [0.2, 0.25) is 0 Å². The summed E-state index contributed by atoms with van der Waals surface area (Å²) >= 11 is 0. The van der Waals surface area contributed by atoms with Gasteiger partial charge in [0.2, 0.25) is 0 Å². The number of aromatic amines is 1. The molecule has 0 unspecified atom stereocenters. The van der Waals surface area contributed by atoms with Crippen molar-refractivity contribution in [1.29, 1.82) is 0 Å². The third kappa shape index (κ3) is 1.83. The van der Waals surface area contributed by atoms with Crippen LogP contribution >= 0.6 is 0 Å². The predicted molar refractivity (Wildman–Crippen MR) is 44.2 cm³/mol. The van der Waals surface area contributed by atoms with E-state index >= 15 is 0 Å². The lowest BCUT2D eigenvalue weighted by Gasteiger charge is -2.05. The van der Waals surface area contributed by atoms with Crippen LogP contribution in [0.4, 0.5) is 13.2 Å². The number of halogens is 3. The Morgan fingerprint density at radius 2 is 2.20 bits per heavy atom. The van der Waals surface area contributed by atoms with E-state index < -0.39 is 18.3 Å². The predicted octanol–water partition coefficient (Wildman–Crippen LogP) is 0.682. The Balaban J connectivity index is 2.55. The molecule has 80 valence electrons. The van der Waals surface area contributed by atoms with Crippen LogP contribution in [0.15, 0.2) is 17.3 Å². The largest absolute Gasteiger partial charge is 0.408 e. The third-order valence-electron chi connectivity index (χ3n) is 1.77. The molecule has 0 aromatic carbocycles. The molecule has 2 aromatic heterocycles. The molecule has 0 fully saturated rings. The molecule has 0 aliphatic carbocycles. The van der Waals surface area contributed by atoms with E-state index in [0.29, 0.717) is 4.68 Å².